The van der Waals surface area contributed by atoms with Gasteiger partial charge in [0.1, 0.15) is 6.61 Å². The van der Waals surface area contributed by atoms with Crippen molar-refractivity contribution in [3.05, 3.63) is 71.8 Å². The van der Waals surface area contributed by atoms with E-state index < -0.39 is 5.60 Å². The fourth-order valence-corrected chi connectivity index (χ4v) is 3.84. The van der Waals surface area contributed by atoms with Gasteiger partial charge in [-0.05, 0) is 37.1 Å². The van der Waals surface area contributed by atoms with Crippen LogP contribution in [-0.2, 0) is 19.9 Å². The molecular formula is C22H28ClNO3. The van der Waals surface area contributed by atoms with Crippen molar-refractivity contribution in [2.45, 2.75) is 31.4 Å². The van der Waals surface area contributed by atoms with Gasteiger partial charge >= 0.3 is 5.97 Å². The van der Waals surface area contributed by atoms with Gasteiger partial charge in [-0.3, -0.25) is 4.90 Å². The summed E-state index contributed by atoms with van der Waals surface area (Å²) in [7, 11) is 1.56. The Morgan fingerprint density at radius 1 is 1.07 bits per heavy atom. The molecule has 1 saturated heterocycles. The summed E-state index contributed by atoms with van der Waals surface area (Å²) in [5.74, 6) is -0.361. The number of esters is 1. The second-order valence-electron chi connectivity index (χ2n) is 6.64. The van der Waals surface area contributed by atoms with Crippen molar-refractivity contribution >= 4 is 18.4 Å². The molecule has 1 atom stereocenters. The summed E-state index contributed by atoms with van der Waals surface area (Å²) in [5, 5.41) is 0. The van der Waals surface area contributed by atoms with Gasteiger partial charge in [-0.1, -0.05) is 67.6 Å². The maximum absolute atomic E-state index is 13.3. The van der Waals surface area contributed by atoms with Gasteiger partial charge < -0.3 is 9.47 Å². The van der Waals surface area contributed by atoms with E-state index in [0.717, 1.165) is 37.1 Å². The van der Waals surface area contributed by atoms with Gasteiger partial charge in [0.2, 0.25) is 5.60 Å². The summed E-state index contributed by atoms with van der Waals surface area (Å²) >= 11 is 0. The van der Waals surface area contributed by atoms with E-state index in [2.05, 4.69) is 11.8 Å². The molecule has 0 bridgehead atoms. The molecule has 0 saturated carbocycles. The number of benzene rings is 2. The monoisotopic (exact) mass is 389 g/mol. The first-order valence-corrected chi connectivity index (χ1v) is 9.29. The number of rotatable bonds is 7. The highest BCUT2D eigenvalue weighted by atomic mass is 35.5. The maximum Gasteiger partial charge on any atom is 0.347 e. The second-order valence-corrected chi connectivity index (χ2v) is 6.64. The van der Waals surface area contributed by atoms with E-state index in [1.54, 1.807) is 7.11 Å². The average molecular weight is 390 g/mol. The van der Waals surface area contributed by atoms with Crippen LogP contribution in [0.1, 0.15) is 30.9 Å². The summed E-state index contributed by atoms with van der Waals surface area (Å²) in [6.07, 6.45) is 2.22. The van der Waals surface area contributed by atoms with E-state index in [9.17, 15) is 4.79 Å². The molecule has 3 rings (SSSR count). The Balaban J connectivity index is 0.00000261. The number of ether oxygens (including phenoxy) is 2. The van der Waals surface area contributed by atoms with Crippen molar-refractivity contribution in [1.29, 1.82) is 0 Å². The highest BCUT2D eigenvalue weighted by Crippen LogP contribution is 2.35. The van der Waals surface area contributed by atoms with Crippen LogP contribution in [0.3, 0.4) is 0 Å². The molecule has 0 amide bonds. The minimum absolute atomic E-state index is 0. The van der Waals surface area contributed by atoms with Crippen LogP contribution in [0.15, 0.2) is 60.7 Å². The summed E-state index contributed by atoms with van der Waals surface area (Å²) in [5.41, 5.74) is 0.299. The Hall–Kier alpha value is -1.88. The standard InChI is InChI=1S/C22H27NO3.ClH/c1-3-23-16-10-15-20(23)17-26-21(24)22(25-2,18-11-6-4-7-12-18)19-13-8-5-9-14-19;/h4-9,11-14,20H,3,10,15-17H2,1-2H3;1H. The smallest absolute Gasteiger partial charge is 0.347 e. The number of methoxy groups -OCH3 is 1. The molecule has 1 heterocycles. The van der Waals surface area contributed by atoms with E-state index in [1.807, 2.05) is 60.7 Å². The van der Waals surface area contributed by atoms with E-state index in [0.29, 0.717) is 12.6 Å². The molecule has 1 unspecified atom stereocenters. The molecule has 2 aromatic rings. The lowest BCUT2D eigenvalue weighted by Crippen LogP contribution is -2.43. The van der Waals surface area contributed by atoms with Gasteiger partial charge in [0.25, 0.3) is 0 Å². The molecule has 0 aliphatic carbocycles. The number of likely N-dealkylation sites (tertiary alicyclic amines) is 1. The second kappa shape index (κ2) is 9.88. The maximum atomic E-state index is 13.3. The highest BCUT2D eigenvalue weighted by molar-refractivity contribution is 5.86. The van der Waals surface area contributed by atoms with Crippen LogP contribution >= 0.6 is 12.4 Å². The lowest BCUT2D eigenvalue weighted by Gasteiger charge is -2.32. The molecule has 5 heteroatoms. The predicted molar refractivity (Wildman–Crippen MR) is 109 cm³/mol. The summed E-state index contributed by atoms with van der Waals surface area (Å²) < 4.78 is 11.7. The third kappa shape index (κ3) is 4.34. The average Bonchev–Trinajstić information content (AvgIpc) is 3.17. The number of halogens is 1. The third-order valence-corrected chi connectivity index (χ3v) is 5.27. The van der Waals surface area contributed by atoms with Crippen LogP contribution in [0.25, 0.3) is 0 Å². The molecule has 1 aliphatic heterocycles. The van der Waals surface area contributed by atoms with Crippen LogP contribution in [-0.4, -0.2) is 43.7 Å². The first-order chi connectivity index (χ1) is 12.7. The number of hydrogen-bond acceptors (Lipinski definition) is 4. The van der Waals surface area contributed by atoms with Gasteiger partial charge in [0.05, 0.1) is 0 Å². The number of carbonyl (C=O) groups is 1. The number of likely N-dealkylation sites (N-methyl/N-ethyl adjacent to an activating group) is 1. The zero-order valence-electron chi connectivity index (χ0n) is 16.0. The predicted octanol–water partition coefficient (Wildman–Crippen LogP) is 4.03. The van der Waals surface area contributed by atoms with E-state index in [4.69, 9.17) is 9.47 Å². The van der Waals surface area contributed by atoms with Gasteiger partial charge in [-0.15, -0.1) is 12.4 Å². The summed E-state index contributed by atoms with van der Waals surface area (Å²) in [4.78, 5) is 15.7. The van der Waals surface area contributed by atoms with Crippen LogP contribution in [0.5, 0.6) is 0 Å². The van der Waals surface area contributed by atoms with Crippen molar-refractivity contribution in [2.75, 3.05) is 26.8 Å². The molecule has 27 heavy (non-hydrogen) atoms. The van der Waals surface area contributed by atoms with E-state index >= 15 is 0 Å². The molecule has 1 fully saturated rings. The number of nitrogens with zero attached hydrogens (tertiary/aromatic N) is 1. The lowest BCUT2D eigenvalue weighted by molar-refractivity contribution is -0.167. The zero-order chi connectivity index (χ0) is 18.4. The molecule has 1 aliphatic rings. The molecule has 0 spiro atoms. The van der Waals surface area contributed by atoms with Gasteiger partial charge in [0.15, 0.2) is 0 Å². The first kappa shape index (κ1) is 21.4. The largest absolute Gasteiger partial charge is 0.461 e. The Morgan fingerprint density at radius 2 is 1.63 bits per heavy atom. The minimum Gasteiger partial charge on any atom is -0.461 e. The van der Waals surface area contributed by atoms with Gasteiger partial charge in [0, 0.05) is 13.2 Å². The van der Waals surface area contributed by atoms with Gasteiger partial charge in [-0.25, -0.2) is 4.79 Å². The summed E-state index contributed by atoms with van der Waals surface area (Å²) in [6, 6.07) is 19.4. The van der Waals surface area contributed by atoms with Crippen LogP contribution in [0.2, 0.25) is 0 Å². The molecular weight excluding hydrogens is 362 g/mol. The molecule has 2 aromatic carbocycles. The molecule has 0 radical (unpaired) electrons. The Bertz CT molecular complexity index is 669. The fraction of sp³-hybridized carbons (Fsp3) is 0.409. The van der Waals surface area contributed by atoms with Crippen molar-refractivity contribution in [3.8, 4) is 0 Å². The van der Waals surface area contributed by atoms with Crippen LogP contribution in [0.4, 0.5) is 0 Å². The number of hydrogen-bond donors (Lipinski definition) is 0. The van der Waals surface area contributed by atoms with Crippen molar-refractivity contribution < 1.29 is 14.3 Å². The molecule has 4 nitrogen and oxygen atoms in total. The summed E-state index contributed by atoms with van der Waals surface area (Å²) in [6.45, 7) is 4.60. The quantitative estimate of drug-likeness (QED) is 0.670. The first-order valence-electron chi connectivity index (χ1n) is 9.29. The fourth-order valence-electron chi connectivity index (χ4n) is 3.84. The lowest BCUT2D eigenvalue weighted by atomic mass is 9.86. The van der Waals surface area contributed by atoms with Gasteiger partial charge in [-0.2, -0.15) is 0 Å². The van der Waals surface area contributed by atoms with Crippen LogP contribution < -0.4 is 0 Å². The van der Waals surface area contributed by atoms with E-state index in [-0.39, 0.29) is 18.4 Å². The zero-order valence-corrected chi connectivity index (χ0v) is 16.8. The van der Waals surface area contributed by atoms with Crippen molar-refractivity contribution in [3.63, 3.8) is 0 Å². The molecule has 146 valence electrons. The SMILES string of the molecule is CCN1CCCC1COC(=O)C(OC)(c1ccccc1)c1ccccc1.Cl. The Morgan fingerprint density at radius 3 is 2.11 bits per heavy atom. The topological polar surface area (TPSA) is 38.8 Å². The number of carbonyl (C=O) groups excluding carboxylic acids is 1. The van der Waals surface area contributed by atoms with Crippen molar-refractivity contribution in [1.82, 2.24) is 4.90 Å². The molecule has 0 N–H and O–H groups in total. The normalized spacial score (nSPS) is 17.3. The third-order valence-electron chi connectivity index (χ3n) is 5.27. The highest BCUT2D eigenvalue weighted by Gasteiger charge is 2.44. The Labute approximate surface area is 167 Å². The molecule has 0 aromatic heterocycles. The van der Waals surface area contributed by atoms with Crippen LogP contribution in [0, 0.1) is 0 Å². The Kier molecular flexibility index (Phi) is 7.84. The van der Waals surface area contributed by atoms with E-state index in [1.165, 1.54) is 0 Å². The van der Waals surface area contributed by atoms with Crippen molar-refractivity contribution in [2.24, 2.45) is 0 Å². The minimum atomic E-state index is -1.25.